The van der Waals surface area contributed by atoms with Crippen molar-refractivity contribution in [3.05, 3.63) is 12.2 Å². The summed E-state index contributed by atoms with van der Waals surface area (Å²) in [5.74, 6) is -7.61. The quantitative estimate of drug-likeness (QED) is 0.460. The molecule has 0 spiro atoms. The topological polar surface area (TPSA) is 55.4 Å². The molecule has 0 aromatic carbocycles. The van der Waals surface area contributed by atoms with Gasteiger partial charge in [-0.1, -0.05) is 12.2 Å². The Balaban J connectivity index is 1.65. The normalized spacial score (nSPS) is 32.4. The van der Waals surface area contributed by atoms with E-state index >= 15 is 0 Å². The van der Waals surface area contributed by atoms with Crippen molar-refractivity contribution in [2.45, 2.75) is 37.7 Å². The van der Waals surface area contributed by atoms with Crippen LogP contribution >= 0.6 is 0 Å². The molecule has 2 bridgehead atoms. The molecular weight excluding hydrogens is 318 g/mol. The minimum Gasteiger partial charge on any atom is -0.459 e. The van der Waals surface area contributed by atoms with Gasteiger partial charge in [-0.25, -0.2) is 8.78 Å². The minimum atomic E-state index is -4.38. The molecule has 0 aliphatic heterocycles. The molecule has 1 amide bonds. The Bertz CT molecular complexity index is 533. The molecule has 3 aliphatic rings. The van der Waals surface area contributed by atoms with E-state index in [4.69, 9.17) is 0 Å². The second-order valence-corrected chi connectivity index (χ2v) is 6.45. The molecule has 0 aromatic rings. The SMILES string of the molecule is O=C(OCC(F)(F)C(F)F)[C@@H]1[C@@H](C(=O)NC2CC2)[C@H]2C=C[C@@H]1C2. The standard InChI is InChI=1S/C15H17F4NO3/c16-14(17)15(18,19)6-23-13(22)11-8-2-1-7(5-8)10(11)12(21)20-9-3-4-9/h1-2,7-11,14H,3-6H2,(H,20,21)/t7-,8+,10-,11-/m0/s1. The number of carbonyl (C=O) groups excluding carboxylic acids is 2. The van der Waals surface area contributed by atoms with E-state index in [1.807, 2.05) is 6.08 Å². The van der Waals surface area contributed by atoms with Gasteiger partial charge in [0.2, 0.25) is 5.91 Å². The van der Waals surface area contributed by atoms with Crippen molar-refractivity contribution in [3.8, 4) is 0 Å². The summed E-state index contributed by atoms with van der Waals surface area (Å²) in [5, 5.41) is 2.81. The molecule has 0 radical (unpaired) electrons. The molecule has 3 aliphatic carbocycles. The van der Waals surface area contributed by atoms with Crippen LogP contribution in [0.2, 0.25) is 0 Å². The van der Waals surface area contributed by atoms with Crippen molar-refractivity contribution in [2.75, 3.05) is 6.61 Å². The maximum Gasteiger partial charge on any atom is 0.340 e. The van der Waals surface area contributed by atoms with Gasteiger partial charge in [-0.3, -0.25) is 9.59 Å². The average molecular weight is 335 g/mol. The van der Waals surface area contributed by atoms with E-state index in [0.29, 0.717) is 6.42 Å². The first-order valence-corrected chi connectivity index (χ1v) is 7.61. The monoisotopic (exact) mass is 335 g/mol. The largest absolute Gasteiger partial charge is 0.459 e. The van der Waals surface area contributed by atoms with Crippen LogP contribution in [-0.2, 0) is 14.3 Å². The van der Waals surface area contributed by atoms with Crippen LogP contribution in [0.4, 0.5) is 17.6 Å². The summed E-state index contributed by atoms with van der Waals surface area (Å²) in [5.41, 5.74) is 0. The molecule has 0 unspecified atom stereocenters. The third kappa shape index (κ3) is 3.21. The van der Waals surface area contributed by atoms with Crippen molar-refractivity contribution in [1.29, 1.82) is 0 Å². The van der Waals surface area contributed by atoms with Crippen LogP contribution in [0.15, 0.2) is 12.2 Å². The van der Waals surface area contributed by atoms with Crippen LogP contribution in [0.5, 0.6) is 0 Å². The van der Waals surface area contributed by atoms with Crippen LogP contribution in [0.1, 0.15) is 19.3 Å². The third-order valence-electron chi connectivity index (χ3n) is 4.68. The summed E-state index contributed by atoms with van der Waals surface area (Å²) in [6, 6.07) is 0.116. The maximum atomic E-state index is 12.9. The fourth-order valence-electron chi connectivity index (χ4n) is 3.35. The zero-order valence-corrected chi connectivity index (χ0v) is 12.2. The van der Waals surface area contributed by atoms with Crippen molar-refractivity contribution in [3.63, 3.8) is 0 Å². The summed E-state index contributed by atoms with van der Waals surface area (Å²) < 4.78 is 54.5. The van der Waals surface area contributed by atoms with Crippen LogP contribution < -0.4 is 5.32 Å². The summed E-state index contributed by atoms with van der Waals surface area (Å²) >= 11 is 0. The molecule has 1 N–H and O–H groups in total. The molecule has 4 nitrogen and oxygen atoms in total. The van der Waals surface area contributed by atoms with E-state index in [1.165, 1.54) is 0 Å². The first-order chi connectivity index (χ1) is 10.8. The number of hydrogen-bond donors (Lipinski definition) is 1. The van der Waals surface area contributed by atoms with E-state index < -0.39 is 36.8 Å². The molecule has 0 saturated heterocycles. The van der Waals surface area contributed by atoms with E-state index in [-0.39, 0.29) is 23.8 Å². The molecule has 4 atom stereocenters. The van der Waals surface area contributed by atoms with Gasteiger partial charge in [0.25, 0.3) is 0 Å². The lowest BCUT2D eigenvalue weighted by atomic mass is 9.82. The predicted molar refractivity (Wildman–Crippen MR) is 70.8 cm³/mol. The van der Waals surface area contributed by atoms with Crippen molar-refractivity contribution >= 4 is 11.9 Å². The van der Waals surface area contributed by atoms with Gasteiger partial charge in [0.15, 0.2) is 6.61 Å². The van der Waals surface area contributed by atoms with Crippen LogP contribution in [0.3, 0.4) is 0 Å². The van der Waals surface area contributed by atoms with E-state index in [9.17, 15) is 27.2 Å². The number of rotatable bonds is 6. The highest BCUT2D eigenvalue weighted by atomic mass is 19.3. The molecule has 128 valence electrons. The first-order valence-electron chi connectivity index (χ1n) is 7.61. The van der Waals surface area contributed by atoms with Gasteiger partial charge in [-0.05, 0) is 31.1 Å². The van der Waals surface area contributed by atoms with Gasteiger partial charge in [0, 0.05) is 6.04 Å². The number of ether oxygens (including phenoxy) is 1. The van der Waals surface area contributed by atoms with Crippen molar-refractivity contribution < 1.29 is 31.9 Å². The van der Waals surface area contributed by atoms with Gasteiger partial charge in [-0.2, -0.15) is 8.78 Å². The van der Waals surface area contributed by atoms with Gasteiger partial charge >= 0.3 is 18.3 Å². The number of alkyl halides is 4. The molecule has 2 fully saturated rings. The summed E-state index contributed by atoms with van der Waals surface area (Å²) in [6.45, 7) is -1.67. The van der Waals surface area contributed by atoms with Crippen molar-refractivity contribution in [1.82, 2.24) is 5.32 Å². The first kappa shape index (κ1) is 16.3. The molecular formula is C15H17F4NO3. The van der Waals surface area contributed by atoms with Crippen molar-refractivity contribution in [2.24, 2.45) is 23.7 Å². The Hall–Kier alpha value is -1.60. The van der Waals surface area contributed by atoms with Gasteiger partial charge in [-0.15, -0.1) is 0 Å². The second-order valence-electron chi connectivity index (χ2n) is 6.45. The highest BCUT2D eigenvalue weighted by Gasteiger charge is 2.53. The minimum absolute atomic E-state index is 0.116. The predicted octanol–water partition coefficient (Wildman–Crippen LogP) is 2.15. The van der Waals surface area contributed by atoms with Gasteiger partial charge in [0.1, 0.15) is 0 Å². The fourth-order valence-corrected chi connectivity index (χ4v) is 3.35. The lowest BCUT2D eigenvalue weighted by Crippen LogP contribution is -2.42. The maximum absolute atomic E-state index is 12.9. The molecule has 0 heterocycles. The number of allylic oxidation sites excluding steroid dienone is 2. The Morgan fingerprint density at radius 3 is 2.35 bits per heavy atom. The molecule has 23 heavy (non-hydrogen) atoms. The number of hydrogen-bond acceptors (Lipinski definition) is 3. The van der Waals surface area contributed by atoms with Gasteiger partial charge in [0.05, 0.1) is 11.8 Å². The third-order valence-corrected chi connectivity index (χ3v) is 4.68. The highest BCUT2D eigenvalue weighted by molar-refractivity contribution is 5.87. The summed E-state index contributed by atoms with van der Waals surface area (Å²) in [4.78, 5) is 24.4. The Labute approximate surface area is 130 Å². The Kier molecular flexibility index (Phi) is 4.10. The van der Waals surface area contributed by atoms with Crippen LogP contribution in [0.25, 0.3) is 0 Å². The summed E-state index contributed by atoms with van der Waals surface area (Å²) in [7, 11) is 0. The number of fused-ring (bicyclic) bond motifs is 2. The fraction of sp³-hybridized carbons (Fsp3) is 0.733. The Morgan fingerprint density at radius 1 is 1.17 bits per heavy atom. The molecule has 2 saturated carbocycles. The number of carbonyl (C=O) groups is 2. The number of halogens is 4. The molecule has 3 rings (SSSR count). The van der Waals surface area contributed by atoms with Crippen LogP contribution in [0, 0.1) is 23.7 Å². The van der Waals surface area contributed by atoms with Crippen LogP contribution in [-0.4, -0.2) is 36.9 Å². The summed E-state index contributed by atoms with van der Waals surface area (Å²) in [6.07, 6.45) is 2.07. The average Bonchev–Trinajstić information content (AvgIpc) is 3.06. The molecule has 0 aromatic heterocycles. The number of esters is 1. The zero-order chi connectivity index (χ0) is 16.8. The zero-order valence-electron chi connectivity index (χ0n) is 12.2. The van der Waals surface area contributed by atoms with E-state index in [1.54, 1.807) is 6.08 Å². The number of amides is 1. The number of nitrogens with one attached hydrogen (secondary N) is 1. The Morgan fingerprint density at radius 2 is 1.78 bits per heavy atom. The molecule has 8 heteroatoms. The van der Waals surface area contributed by atoms with Gasteiger partial charge < -0.3 is 10.1 Å². The lowest BCUT2D eigenvalue weighted by Gasteiger charge is -2.26. The van der Waals surface area contributed by atoms with E-state index in [2.05, 4.69) is 10.1 Å². The highest BCUT2D eigenvalue weighted by Crippen LogP contribution is 2.49. The van der Waals surface area contributed by atoms with E-state index in [0.717, 1.165) is 12.8 Å². The second kappa shape index (κ2) is 5.79. The smallest absolute Gasteiger partial charge is 0.340 e. The lowest BCUT2D eigenvalue weighted by molar-refractivity contribution is -0.184.